The summed E-state index contributed by atoms with van der Waals surface area (Å²) < 4.78 is 0. The first kappa shape index (κ1) is 16.7. The van der Waals surface area contributed by atoms with E-state index in [1.54, 1.807) is 6.08 Å². The summed E-state index contributed by atoms with van der Waals surface area (Å²) in [5.41, 5.74) is 7.29. The molecule has 2 rings (SSSR count). The van der Waals surface area contributed by atoms with E-state index in [0.29, 0.717) is 6.54 Å². The van der Waals surface area contributed by atoms with E-state index in [0.717, 1.165) is 18.5 Å². The van der Waals surface area contributed by atoms with Crippen molar-refractivity contribution in [2.75, 3.05) is 19.7 Å². The van der Waals surface area contributed by atoms with E-state index in [1.807, 2.05) is 6.08 Å². The molecule has 22 heavy (non-hydrogen) atoms. The molecule has 1 amide bonds. The van der Waals surface area contributed by atoms with Crippen LogP contribution in [-0.2, 0) is 9.59 Å². The van der Waals surface area contributed by atoms with Gasteiger partial charge in [0.05, 0.1) is 18.7 Å². The van der Waals surface area contributed by atoms with E-state index in [1.165, 1.54) is 6.92 Å². The highest BCUT2D eigenvalue weighted by molar-refractivity contribution is 5.87. The summed E-state index contributed by atoms with van der Waals surface area (Å²) in [7, 11) is 0. The molecule has 122 valence electrons. The van der Waals surface area contributed by atoms with Crippen LogP contribution in [0.4, 0.5) is 0 Å². The van der Waals surface area contributed by atoms with E-state index < -0.39 is 12.0 Å². The first-order valence-corrected chi connectivity index (χ1v) is 7.42. The van der Waals surface area contributed by atoms with Gasteiger partial charge in [0.1, 0.15) is 0 Å². The molecule has 0 saturated carbocycles. The van der Waals surface area contributed by atoms with Gasteiger partial charge in [0, 0.05) is 31.6 Å². The highest BCUT2D eigenvalue weighted by Gasteiger charge is 2.37. The summed E-state index contributed by atoms with van der Waals surface area (Å²) in [6.45, 7) is 2.69. The maximum absolute atomic E-state index is 11.4. The van der Waals surface area contributed by atoms with Crippen LogP contribution in [0, 0.1) is 0 Å². The van der Waals surface area contributed by atoms with Crippen molar-refractivity contribution in [2.24, 2.45) is 5.73 Å². The summed E-state index contributed by atoms with van der Waals surface area (Å²) in [4.78, 5) is 24.8. The lowest BCUT2D eigenvalue weighted by Gasteiger charge is -2.42. The Kier molecular flexibility index (Phi) is 5.33. The Morgan fingerprint density at radius 2 is 2.23 bits per heavy atom. The van der Waals surface area contributed by atoms with Gasteiger partial charge in [0.2, 0.25) is 5.91 Å². The molecule has 0 aromatic heterocycles. The average molecular weight is 309 g/mol. The van der Waals surface area contributed by atoms with Gasteiger partial charge in [-0.15, -0.1) is 0 Å². The van der Waals surface area contributed by atoms with Crippen LogP contribution in [0.15, 0.2) is 23.3 Å². The molecule has 1 aliphatic carbocycles. The summed E-state index contributed by atoms with van der Waals surface area (Å²) in [5, 5.41) is 21.4. The zero-order chi connectivity index (χ0) is 16.3. The van der Waals surface area contributed by atoms with Crippen LogP contribution in [0.5, 0.6) is 0 Å². The standard InChI is InChI=1S/C15H23N3O4/c1-9(20)17-14-12(16)5-11(15(21)22)6-13(14)18-4-2-3-10(7-18)8-19/h3,6,12-14,19H,2,4-5,7-8,16H2,1H3,(H,17,20)(H,21,22)/t12-,13+,14+/m0/s1. The van der Waals surface area contributed by atoms with Crippen molar-refractivity contribution in [1.29, 1.82) is 0 Å². The number of carbonyl (C=O) groups excluding carboxylic acids is 1. The number of carboxylic acid groups (broad SMARTS) is 1. The molecule has 0 fully saturated rings. The van der Waals surface area contributed by atoms with Crippen LogP contribution in [0.2, 0.25) is 0 Å². The van der Waals surface area contributed by atoms with Gasteiger partial charge in [0.25, 0.3) is 0 Å². The van der Waals surface area contributed by atoms with Gasteiger partial charge in [0.15, 0.2) is 0 Å². The predicted octanol–water partition coefficient (Wildman–Crippen LogP) is -0.774. The molecule has 0 radical (unpaired) electrons. The molecule has 0 spiro atoms. The van der Waals surface area contributed by atoms with E-state index in [2.05, 4.69) is 10.2 Å². The third-order valence-electron chi connectivity index (χ3n) is 4.18. The topological polar surface area (TPSA) is 116 Å². The van der Waals surface area contributed by atoms with Crippen LogP contribution in [0.1, 0.15) is 19.8 Å². The lowest BCUT2D eigenvalue weighted by Crippen LogP contribution is -2.61. The largest absolute Gasteiger partial charge is 0.478 e. The lowest BCUT2D eigenvalue weighted by molar-refractivity contribution is -0.133. The number of aliphatic hydroxyl groups is 1. The van der Waals surface area contributed by atoms with Gasteiger partial charge < -0.3 is 21.3 Å². The molecule has 5 N–H and O–H groups in total. The number of aliphatic carboxylic acids is 1. The van der Waals surface area contributed by atoms with Gasteiger partial charge in [-0.05, 0) is 18.4 Å². The number of nitrogens with one attached hydrogen (secondary N) is 1. The average Bonchev–Trinajstić information content (AvgIpc) is 2.48. The van der Waals surface area contributed by atoms with Crippen LogP contribution >= 0.6 is 0 Å². The normalized spacial score (nSPS) is 29.5. The van der Waals surface area contributed by atoms with E-state index >= 15 is 0 Å². The summed E-state index contributed by atoms with van der Waals surface area (Å²) in [6, 6.07) is -1.07. The number of aliphatic hydroxyl groups excluding tert-OH is 1. The van der Waals surface area contributed by atoms with Crippen molar-refractivity contribution < 1.29 is 19.8 Å². The summed E-state index contributed by atoms with van der Waals surface area (Å²) in [6.07, 6.45) is 4.69. The van der Waals surface area contributed by atoms with Gasteiger partial charge in [-0.2, -0.15) is 0 Å². The van der Waals surface area contributed by atoms with Crippen molar-refractivity contribution in [3.05, 3.63) is 23.3 Å². The molecule has 3 atom stereocenters. The Bertz CT molecular complexity index is 515. The second-order valence-corrected chi connectivity index (χ2v) is 5.86. The van der Waals surface area contributed by atoms with Gasteiger partial charge in [-0.25, -0.2) is 4.79 Å². The summed E-state index contributed by atoms with van der Waals surface area (Å²) in [5.74, 6) is -1.16. The second kappa shape index (κ2) is 7.04. The van der Waals surface area contributed by atoms with Gasteiger partial charge >= 0.3 is 5.97 Å². The van der Waals surface area contributed by atoms with Crippen molar-refractivity contribution in [3.63, 3.8) is 0 Å². The number of rotatable bonds is 4. The predicted molar refractivity (Wildman–Crippen MR) is 81.1 cm³/mol. The Labute approximate surface area is 129 Å². The first-order chi connectivity index (χ1) is 10.4. The molecule has 0 aromatic rings. The minimum atomic E-state index is -0.975. The third kappa shape index (κ3) is 3.73. The van der Waals surface area contributed by atoms with Crippen LogP contribution in [0.3, 0.4) is 0 Å². The fourth-order valence-electron chi connectivity index (χ4n) is 3.14. The molecule has 2 aliphatic rings. The molecular weight excluding hydrogens is 286 g/mol. The monoisotopic (exact) mass is 309 g/mol. The molecular formula is C15H23N3O4. The Balaban J connectivity index is 2.27. The van der Waals surface area contributed by atoms with E-state index in [9.17, 15) is 19.8 Å². The summed E-state index contributed by atoms with van der Waals surface area (Å²) >= 11 is 0. The Morgan fingerprint density at radius 3 is 2.82 bits per heavy atom. The molecule has 0 bridgehead atoms. The maximum Gasteiger partial charge on any atom is 0.331 e. The fraction of sp³-hybridized carbons (Fsp3) is 0.600. The Morgan fingerprint density at radius 1 is 1.50 bits per heavy atom. The molecule has 7 nitrogen and oxygen atoms in total. The maximum atomic E-state index is 11.4. The van der Waals surface area contributed by atoms with Gasteiger partial charge in [-0.1, -0.05) is 12.2 Å². The van der Waals surface area contributed by atoms with Crippen LogP contribution < -0.4 is 11.1 Å². The molecule has 7 heteroatoms. The van der Waals surface area contributed by atoms with Crippen molar-refractivity contribution >= 4 is 11.9 Å². The minimum Gasteiger partial charge on any atom is -0.478 e. The molecule has 0 aromatic carbocycles. The van der Waals surface area contributed by atoms with Crippen molar-refractivity contribution in [2.45, 2.75) is 37.9 Å². The lowest BCUT2D eigenvalue weighted by atomic mass is 9.85. The zero-order valence-electron chi connectivity index (χ0n) is 12.7. The van der Waals surface area contributed by atoms with E-state index in [4.69, 9.17) is 5.73 Å². The quantitative estimate of drug-likeness (QED) is 0.507. The highest BCUT2D eigenvalue weighted by atomic mass is 16.4. The Hall–Kier alpha value is -1.70. The fourth-order valence-corrected chi connectivity index (χ4v) is 3.14. The number of hydrogen-bond acceptors (Lipinski definition) is 5. The number of carboxylic acids is 1. The minimum absolute atomic E-state index is 0.0183. The third-order valence-corrected chi connectivity index (χ3v) is 4.18. The smallest absolute Gasteiger partial charge is 0.331 e. The van der Waals surface area contributed by atoms with E-state index in [-0.39, 0.29) is 36.6 Å². The number of hydrogen-bond donors (Lipinski definition) is 4. The number of carbonyl (C=O) groups is 2. The van der Waals surface area contributed by atoms with Crippen LogP contribution in [-0.4, -0.2) is 64.8 Å². The second-order valence-electron chi connectivity index (χ2n) is 5.86. The molecule has 1 aliphatic heterocycles. The number of amides is 1. The SMILES string of the molecule is CC(=O)N[C@H]1[C@H](N2CCC=C(CO)C2)C=C(C(=O)O)C[C@@H]1N. The first-order valence-electron chi connectivity index (χ1n) is 7.42. The van der Waals surface area contributed by atoms with Gasteiger partial charge in [-0.3, -0.25) is 9.69 Å². The molecule has 0 saturated heterocycles. The molecule has 1 heterocycles. The van der Waals surface area contributed by atoms with Crippen molar-refractivity contribution in [3.8, 4) is 0 Å². The molecule has 0 unspecified atom stereocenters. The number of nitrogens with zero attached hydrogens (tertiary/aromatic N) is 1. The zero-order valence-corrected chi connectivity index (χ0v) is 12.7. The number of nitrogens with two attached hydrogens (primary N) is 1. The van der Waals surface area contributed by atoms with Crippen molar-refractivity contribution in [1.82, 2.24) is 10.2 Å². The highest BCUT2D eigenvalue weighted by Crippen LogP contribution is 2.25. The van der Waals surface area contributed by atoms with Crippen LogP contribution in [0.25, 0.3) is 0 Å².